The summed E-state index contributed by atoms with van der Waals surface area (Å²) in [6, 6.07) is 25.4. The van der Waals surface area contributed by atoms with Crippen LogP contribution in [0, 0.1) is 6.92 Å². The van der Waals surface area contributed by atoms with Crippen LogP contribution in [0.25, 0.3) is 39.5 Å². The highest BCUT2D eigenvalue weighted by molar-refractivity contribution is 5.80. The molecule has 0 fully saturated rings. The van der Waals surface area contributed by atoms with E-state index in [1.165, 1.54) is 6.92 Å². The largest absolute Gasteiger partial charge is 0.295 e. The van der Waals surface area contributed by atoms with Crippen LogP contribution in [0.15, 0.2) is 85.1 Å². The van der Waals surface area contributed by atoms with Crippen LogP contribution in [0.1, 0.15) is 36.4 Å². The van der Waals surface area contributed by atoms with Gasteiger partial charge in [-0.1, -0.05) is 74.4 Å². The Bertz CT molecular complexity index is 1570. The molecule has 0 aliphatic carbocycles. The molecule has 3 aromatic carbocycles. The zero-order valence-corrected chi connectivity index (χ0v) is 18.4. The predicted molar refractivity (Wildman–Crippen MR) is 130 cm³/mol. The number of rotatable bonds is 4. The molecular weight excluding hydrogens is 392 g/mol. The van der Waals surface area contributed by atoms with Gasteiger partial charge in [-0.2, -0.15) is 4.57 Å². The average molecular weight is 424 g/mol. The lowest BCUT2D eigenvalue weighted by atomic mass is 10.1. The quantitative estimate of drug-likeness (QED) is 0.332. The van der Waals surface area contributed by atoms with E-state index in [1.807, 2.05) is 97.4 Å². The number of aryl methyl sites for hydroxylation is 2. The van der Waals surface area contributed by atoms with Crippen molar-refractivity contribution in [1.82, 2.24) is 14.5 Å². The molecule has 0 saturated heterocycles. The Morgan fingerprint density at radius 3 is 2.47 bits per heavy atom. The SMILES string of the molecule is [2H]C([2H])([2H])C([2H])(C)c1nc(-c2ccccc2)ncc1-n1c(-c2ccccc2C)[n+](C)c2ccccc21. The van der Waals surface area contributed by atoms with E-state index in [2.05, 4.69) is 9.55 Å². The normalized spacial score (nSPS) is 15.5. The lowest BCUT2D eigenvalue weighted by Gasteiger charge is -2.13. The minimum atomic E-state index is -2.61. The number of hydrogen-bond acceptors (Lipinski definition) is 2. The van der Waals surface area contributed by atoms with Gasteiger partial charge in [-0.25, -0.2) is 14.5 Å². The van der Waals surface area contributed by atoms with Crippen molar-refractivity contribution in [1.29, 1.82) is 0 Å². The third-order valence-electron chi connectivity index (χ3n) is 5.80. The molecule has 0 spiro atoms. The maximum absolute atomic E-state index is 9.03. The molecule has 2 aromatic heterocycles. The second-order valence-corrected chi connectivity index (χ2v) is 7.94. The van der Waals surface area contributed by atoms with Gasteiger partial charge in [0.15, 0.2) is 22.5 Å². The molecule has 0 radical (unpaired) electrons. The fourth-order valence-electron chi connectivity index (χ4n) is 4.23. The summed E-state index contributed by atoms with van der Waals surface area (Å²) < 4.78 is 37.7. The maximum atomic E-state index is 9.03. The van der Waals surface area contributed by atoms with Crippen LogP contribution in [0.4, 0.5) is 0 Å². The Kier molecular flexibility index (Phi) is 4.00. The Labute approximate surface area is 194 Å². The van der Waals surface area contributed by atoms with Gasteiger partial charge in [-0.05, 0) is 36.6 Å². The minimum absolute atomic E-state index is 0.146. The van der Waals surface area contributed by atoms with Crippen molar-refractivity contribution in [2.24, 2.45) is 7.05 Å². The van der Waals surface area contributed by atoms with Crippen molar-refractivity contribution >= 4 is 11.0 Å². The van der Waals surface area contributed by atoms with Gasteiger partial charge < -0.3 is 0 Å². The summed E-state index contributed by atoms with van der Waals surface area (Å²) in [5, 5.41) is 0. The Morgan fingerprint density at radius 2 is 1.69 bits per heavy atom. The maximum Gasteiger partial charge on any atom is 0.295 e. The molecule has 4 nitrogen and oxygen atoms in total. The van der Waals surface area contributed by atoms with E-state index < -0.39 is 12.7 Å². The Morgan fingerprint density at radius 1 is 0.969 bits per heavy atom. The zero-order valence-electron chi connectivity index (χ0n) is 22.4. The van der Waals surface area contributed by atoms with E-state index >= 15 is 0 Å². The number of fused-ring (bicyclic) bond motifs is 1. The second kappa shape index (κ2) is 8.04. The van der Waals surface area contributed by atoms with Crippen LogP contribution < -0.4 is 4.57 Å². The summed E-state index contributed by atoms with van der Waals surface area (Å²) in [5.74, 6) is -0.745. The molecule has 2 heterocycles. The van der Waals surface area contributed by atoms with E-state index in [4.69, 9.17) is 10.5 Å². The van der Waals surface area contributed by atoms with Crippen molar-refractivity contribution in [2.75, 3.05) is 0 Å². The number of nitrogens with zero attached hydrogens (tertiary/aromatic N) is 4. The first-order chi connectivity index (χ1) is 17.1. The lowest BCUT2D eigenvalue weighted by Crippen LogP contribution is -2.30. The van der Waals surface area contributed by atoms with Crippen molar-refractivity contribution in [3.05, 3.63) is 96.3 Å². The fraction of sp³-hybridized carbons (Fsp3) is 0.179. The first-order valence-corrected chi connectivity index (χ1v) is 10.6. The number of aromatic nitrogens is 4. The molecule has 0 N–H and O–H groups in total. The van der Waals surface area contributed by atoms with Crippen LogP contribution in [-0.2, 0) is 7.05 Å². The second-order valence-electron chi connectivity index (χ2n) is 7.94. The highest BCUT2D eigenvalue weighted by Crippen LogP contribution is 2.32. The topological polar surface area (TPSA) is 34.6 Å². The van der Waals surface area contributed by atoms with Gasteiger partial charge in [0, 0.05) is 11.0 Å². The molecular formula is C28H27N4+. The van der Waals surface area contributed by atoms with Crippen LogP contribution in [-0.4, -0.2) is 14.5 Å². The van der Waals surface area contributed by atoms with E-state index in [1.54, 1.807) is 6.20 Å². The van der Waals surface area contributed by atoms with Crippen molar-refractivity contribution in [2.45, 2.75) is 26.6 Å². The fourth-order valence-corrected chi connectivity index (χ4v) is 4.23. The smallest absolute Gasteiger partial charge is 0.232 e. The van der Waals surface area contributed by atoms with Crippen LogP contribution >= 0.6 is 0 Å². The number of para-hydroxylation sites is 2. The molecule has 4 heteroatoms. The van der Waals surface area contributed by atoms with Gasteiger partial charge in [0.1, 0.15) is 0 Å². The molecule has 0 saturated carbocycles. The van der Waals surface area contributed by atoms with Crippen molar-refractivity contribution in [3.63, 3.8) is 0 Å². The average Bonchev–Trinajstić information content (AvgIpc) is 3.16. The van der Waals surface area contributed by atoms with E-state index in [0.29, 0.717) is 11.5 Å². The van der Waals surface area contributed by atoms with Gasteiger partial charge in [0.2, 0.25) is 0 Å². The summed E-state index contributed by atoms with van der Waals surface area (Å²) in [6.45, 7) is 0.835. The summed E-state index contributed by atoms with van der Waals surface area (Å²) >= 11 is 0. The number of imidazole rings is 1. The standard InChI is InChI=1S/C28H27N4/c1-19(2)26-25(18-29-27(30-26)21-13-6-5-7-14-21)32-24-17-11-10-16-23(24)31(4)28(32)22-15-9-8-12-20(22)3/h5-19H,1-4H3/q+1/i1D3,19D. The summed E-state index contributed by atoms with van der Waals surface area (Å²) in [4.78, 5) is 9.39. The van der Waals surface area contributed by atoms with Crippen molar-refractivity contribution < 1.29 is 10.1 Å². The molecule has 5 rings (SSSR count). The van der Waals surface area contributed by atoms with Crippen LogP contribution in [0.2, 0.25) is 0 Å². The number of benzene rings is 3. The minimum Gasteiger partial charge on any atom is -0.232 e. The summed E-state index contributed by atoms with van der Waals surface area (Å²) in [5.41, 5.74) is 5.28. The molecule has 0 amide bonds. The monoisotopic (exact) mass is 423 g/mol. The third-order valence-corrected chi connectivity index (χ3v) is 5.80. The Hall–Kier alpha value is -3.79. The molecule has 32 heavy (non-hydrogen) atoms. The van der Waals surface area contributed by atoms with E-state index in [0.717, 1.165) is 33.5 Å². The summed E-state index contributed by atoms with van der Waals surface area (Å²) in [6.07, 6.45) is 1.65. The molecule has 0 aliphatic heterocycles. The van der Waals surface area contributed by atoms with Crippen molar-refractivity contribution in [3.8, 4) is 28.5 Å². The molecule has 158 valence electrons. The van der Waals surface area contributed by atoms with Gasteiger partial charge >= 0.3 is 0 Å². The highest BCUT2D eigenvalue weighted by atomic mass is 15.2. The van der Waals surface area contributed by atoms with Gasteiger partial charge in [0.05, 0.1) is 24.5 Å². The Balaban J connectivity index is 1.90. The zero-order chi connectivity index (χ0) is 25.7. The first-order valence-electron chi connectivity index (χ1n) is 12.6. The molecule has 1 unspecified atom stereocenters. The predicted octanol–water partition coefficient (Wildman–Crippen LogP) is 6.01. The summed E-state index contributed by atoms with van der Waals surface area (Å²) in [7, 11) is 1.99. The first kappa shape index (κ1) is 15.9. The third kappa shape index (κ3) is 3.28. The van der Waals surface area contributed by atoms with Crippen LogP contribution in [0.5, 0.6) is 0 Å². The number of hydrogen-bond donors (Lipinski definition) is 0. The molecule has 5 aromatic rings. The van der Waals surface area contributed by atoms with Crippen LogP contribution in [0.3, 0.4) is 0 Å². The van der Waals surface area contributed by atoms with Gasteiger partial charge in [-0.15, -0.1) is 0 Å². The molecule has 0 bridgehead atoms. The highest BCUT2D eigenvalue weighted by Gasteiger charge is 2.29. The van der Waals surface area contributed by atoms with Gasteiger partial charge in [-0.3, -0.25) is 0 Å². The molecule has 1 atom stereocenters. The van der Waals surface area contributed by atoms with E-state index in [-0.39, 0.29) is 5.69 Å². The molecule has 0 aliphatic rings. The lowest BCUT2D eigenvalue weighted by molar-refractivity contribution is -0.633. The van der Waals surface area contributed by atoms with Gasteiger partial charge in [0.25, 0.3) is 5.82 Å². The van der Waals surface area contributed by atoms with E-state index in [9.17, 15) is 0 Å².